The number of nitro benzene ring substituents is 1. The van der Waals surface area contributed by atoms with E-state index in [-0.39, 0.29) is 16.3 Å². The smallest absolute Gasteiger partial charge is 0.258 e. The third-order valence-corrected chi connectivity index (χ3v) is 3.94. The van der Waals surface area contributed by atoms with E-state index in [4.69, 9.17) is 16.9 Å². The maximum Gasteiger partial charge on any atom is 0.288 e. The molecule has 2 aromatic rings. The highest BCUT2D eigenvalue weighted by molar-refractivity contribution is 7.99. The van der Waals surface area contributed by atoms with Crippen molar-refractivity contribution in [1.29, 1.82) is 5.26 Å². The maximum atomic E-state index is 10.8. The summed E-state index contributed by atoms with van der Waals surface area (Å²) in [6, 6.07) is 14.1. The molecule has 0 saturated heterocycles. The van der Waals surface area contributed by atoms with E-state index in [0.29, 0.717) is 4.90 Å². The molecule has 0 aliphatic rings. The molecule has 0 amide bonds. The Morgan fingerprint density at radius 3 is 2.47 bits per heavy atom. The molecule has 6 heteroatoms. The van der Waals surface area contributed by atoms with Gasteiger partial charge in [0.15, 0.2) is 0 Å². The summed E-state index contributed by atoms with van der Waals surface area (Å²) in [5, 5.41) is 19.9. The van der Waals surface area contributed by atoms with Crippen molar-refractivity contribution in [2.24, 2.45) is 0 Å². The fourth-order valence-corrected chi connectivity index (χ4v) is 2.69. The molecule has 0 saturated carbocycles. The van der Waals surface area contributed by atoms with Crippen molar-refractivity contribution in [2.45, 2.75) is 9.79 Å². The van der Waals surface area contributed by atoms with E-state index in [1.165, 1.54) is 17.8 Å². The summed E-state index contributed by atoms with van der Waals surface area (Å²) < 4.78 is 0. The van der Waals surface area contributed by atoms with Crippen LogP contribution in [-0.4, -0.2) is 4.92 Å². The van der Waals surface area contributed by atoms with Crippen LogP contribution in [0.2, 0.25) is 5.02 Å². The average Bonchev–Trinajstić information content (AvgIpc) is 2.41. The Morgan fingerprint density at radius 2 is 1.89 bits per heavy atom. The summed E-state index contributed by atoms with van der Waals surface area (Å²) in [7, 11) is 0. The molecule has 0 aliphatic carbocycles. The van der Waals surface area contributed by atoms with Crippen LogP contribution in [0.4, 0.5) is 5.69 Å². The van der Waals surface area contributed by atoms with Crippen LogP contribution < -0.4 is 0 Å². The molecule has 0 N–H and O–H groups in total. The highest BCUT2D eigenvalue weighted by Crippen LogP contribution is 2.38. The van der Waals surface area contributed by atoms with E-state index in [1.807, 2.05) is 30.3 Å². The summed E-state index contributed by atoms with van der Waals surface area (Å²) in [6.07, 6.45) is 0. The summed E-state index contributed by atoms with van der Waals surface area (Å²) in [5.74, 6) is 0. The third kappa shape index (κ3) is 2.87. The minimum absolute atomic E-state index is 0.104. The summed E-state index contributed by atoms with van der Waals surface area (Å²) in [4.78, 5) is 11.7. The monoisotopic (exact) mass is 290 g/mol. The number of hydrogen-bond donors (Lipinski definition) is 0. The Hall–Kier alpha value is -2.03. The van der Waals surface area contributed by atoms with E-state index in [0.717, 1.165) is 4.90 Å². The molecule has 0 bridgehead atoms. The van der Waals surface area contributed by atoms with Crippen LogP contribution in [0.1, 0.15) is 5.56 Å². The van der Waals surface area contributed by atoms with E-state index in [1.54, 1.807) is 12.1 Å². The fourth-order valence-electron chi connectivity index (χ4n) is 1.50. The molecule has 0 aliphatic heterocycles. The molecule has 0 heterocycles. The molecule has 4 nitrogen and oxygen atoms in total. The molecule has 2 rings (SSSR count). The largest absolute Gasteiger partial charge is 0.288 e. The van der Waals surface area contributed by atoms with Crippen molar-refractivity contribution >= 4 is 29.1 Å². The molecular weight excluding hydrogens is 284 g/mol. The lowest BCUT2D eigenvalue weighted by Gasteiger charge is -2.05. The van der Waals surface area contributed by atoms with Gasteiger partial charge < -0.3 is 0 Å². The third-order valence-electron chi connectivity index (χ3n) is 2.36. The zero-order valence-electron chi connectivity index (χ0n) is 9.54. The lowest BCUT2D eigenvalue weighted by Crippen LogP contribution is -1.94. The summed E-state index contributed by atoms with van der Waals surface area (Å²) >= 11 is 7.42. The SMILES string of the molecule is N#Cc1c([N+](=O)[O-])ccc(Sc2ccccc2)c1Cl. The minimum Gasteiger partial charge on any atom is -0.258 e. The Bertz CT molecular complexity index is 668. The number of nitrogens with zero attached hydrogens (tertiary/aromatic N) is 2. The van der Waals surface area contributed by atoms with Gasteiger partial charge in [0.05, 0.1) is 9.95 Å². The normalized spacial score (nSPS) is 9.89. The number of hydrogen-bond acceptors (Lipinski definition) is 4. The van der Waals surface area contributed by atoms with Gasteiger partial charge >= 0.3 is 0 Å². The molecule has 0 unspecified atom stereocenters. The lowest BCUT2D eigenvalue weighted by molar-refractivity contribution is -0.385. The molecule has 0 radical (unpaired) electrons. The molecule has 19 heavy (non-hydrogen) atoms. The van der Waals surface area contributed by atoms with Gasteiger partial charge in [0.1, 0.15) is 11.6 Å². The number of nitro groups is 1. The minimum atomic E-state index is -0.610. The van der Waals surface area contributed by atoms with Gasteiger partial charge in [-0.1, -0.05) is 41.6 Å². The predicted molar refractivity (Wildman–Crippen MR) is 73.4 cm³/mol. The number of halogens is 1. The van der Waals surface area contributed by atoms with Crippen molar-refractivity contribution in [3.8, 4) is 6.07 Å². The second-order valence-corrected chi connectivity index (χ2v) is 5.05. The lowest BCUT2D eigenvalue weighted by atomic mass is 10.2. The topological polar surface area (TPSA) is 66.9 Å². The molecule has 0 aromatic heterocycles. The van der Waals surface area contributed by atoms with Gasteiger partial charge in [-0.3, -0.25) is 10.1 Å². The van der Waals surface area contributed by atoms with Crippen LogP contribution in [0.3, 0.4) is 0 Å². The quantitative estimate of drug-likeness (QED) is 0.625. The van der Waals surface area contributed by atoms with Gasteiger partial charge in [0.25, 0.3) is 5.69 Å². The van der Waals surface area contributed by atoms with Crippen LogP contribution in [0.25, 0.3) is 0 Å². The van der Waals surface area contributed by atoms with Crippen LogP contribution in [0, 0.1) is 21.4 Å². The standard InChI is InChI=1S/C13H7ClN2O2S/c14-13-10(8-15)11(16(17)18)6-7-12(13)19-9-4-2-1-3-5-9/h1-7H. The molecular formula is C13H7ClN2O2S. The summed E-state index contributed by atoms with van der Waals surface area (Å²) in [6.45, 7) is 0. The van der Waals surface area contributed by atoms with Crippen LogP contribution in [0.15, 0.2) is 52.3 Å². The zero-order chi connectivity index (χ0) is 13.8. The first-order valence-electron chi connectivity index (χ1n) is 5.23. The van der Waals surface area contributed by atoms with Gasteiger partial charge in [-0.05, 0) is 18.2 Å². The number of nitriles is 1. The van der Waals surface area contributed by atoms with E-state index >= 15 is 0 Å². The van der Waals surface area contributed by atoms with Gasteiger partial charge in [-0.2, -0.15) is 5.26 Å². The predicted octanol–water partition coefficient (Wildman–Crippen LogP) is 4.27. The Morgan fingerprint density at radius 1 is 1.21 bits per heavy atom. The Labute approximate surface area is 118 Å². The maximum absolute atomic E-state index is 10.8. The highest BCUT2D eigenvalue weighted by atomic mass is 35.5. The van der Waals surface area contributed by atoms with Crippen LogP contribution in [0.5, 0.6) is 0 Å². The van der Waals surface area contributed by atoms with E-state index < -0.39 is 4.92 Å². The van der Waals surface area contributed by atoms with E-state index in [2.05, 4.69) is 0 Å². The Kier molecular flexibility index (Phi) is 4.05. The summed E-state index contributed by atoms with van der Waals surface area (Å²) in [5.41, 5.74) is -0.377. The van der Waals surface area contributed by atoms with Crippen molar-refractivity contribution in [3.63, 3.8) is 0 Å². The average molecular weight is 291 g/mol. The van der Waals surface area contributed by atoms with E-state index in [9.17, 15) is 10.1 Å². The highest BCUT2D eigenvalue weighted by Gasteiger charge is 2.20. The first kappa shape index (κ1) is 13.4. The number of benzene rings is 2. The zero-order valence-corrected chi connectivity index (χ0v) is 11.1. The Balaban J connectivity index is 2.44. The van der Waals surface area contributed by atoms with Crippen LogP contribution in [-0.2, 0) is 0 Å². The fraction of sp³-hybridized carbons (Fsp3) is 0. The molecule has 0 fully saturated rings. The van der Waals surface area contributed by atoms with Gasteiger partial charge in [-0.25, -0.2) is 0 Å². The second kappa shape index (κ2) is 5.74. The van der Waals surface area contributed by atoms with Crippen molar-refractivity contribution < 1.29 is 4.92 Å². The van der Waals surface area contributed by atoms with Gasteiger partial charge in [0.2, 0.25) is 0 Å². The first-order chi connectivity index (χ1) is 9.13. The first-order valence-corrected chi connectivity index (χ1v) is 6.43. The number of rotatable bonds is 3. The van der Waals surface area contributed by atoms with Crippen molar-refractivity contribution in [1.82, 2.24) is 0 Å². The van der Waals surface area contributed by atoms with Crippen LogP contribution >= 0.6 is 23.4 Å². The molecule has 0 atom stereocenters. The molecule has 94 valence electrons. The second-order valence-electron chi connectivity index (χ2n) is 3.56. The molecule has 0 spiro atoms. The van der Waals surface area contributed by atoms with Gasteiger partial charge in [0, 0.05) is 15.9 Å². The van der Waals surface area contributed by atoms with Crippen molar-refractivity contribution in [3.05, 3.63) is 63.2 Å². The van der Waals surface area contributed by atoms with Gasteiger partial charge in [-0.15, -0.1) is 0 Å². The molecule has 2 aromatic carbocycles. The van der Waals surface area contributed by atoms with Crippen molar-refractivity contribution in [2.75, 3.05) is 0 Å².